The number of allylic oxidation sites excluding steroid dienone is 4. The second kappa shape index (κ2) is 4.50. The fourth-order valence-electron chi connectivity index (χ4n) is 4.66. The molecule has 3 aliphatic rings. The molecule has 4 rings (SSSR count). The largest absolute Gasteiger partial charge is 0.496 e. The summed E-state index contributed by atoms with van der Waals surface area (Å²) in [6, 6.07) is 4.63. The van der Waals surface area contributed by atoms with Gasteiger partial charge in [-0.3, -0.25) is 0 Å². The molecule has 0 unspecified atom stereocenters. The van der Waals surface area contributed by atoms with E-state index >= 15 is 0 Å². The standard InChI is InChI=1S/C20H24O/c1-13-11-17-14(12-19(13)21-3)6-7-16-15(17)8-10-20(2)9-4-5-18(16)20/h5,11-12H,4,6-10H2,1-3H3/t20-/m0/s1. The number of hydrogen-bond acceptors (Lipinski definition) is 1. The van der Waals surface area contributed by atoms with E-state index < -0.39 is 0 Å². The van der Waals surface area contributed by atoms with Gasteiger partial charge in [0.05, 0.1) is 7.11 Å². The lowest BCUT2D eigenvalue weighted by Gasteiger charge is -2.39. The normalized spacial score (nSPS) is 26.9. The summed E-state index contributed by atoms with van der Waals surface area (Å²) in [7, 11) is 1.78. The lowest BCUT2D eigenvalue weighted by Crippen LogP contribution is -2.24. The van der Waals surface area contributed by atoms with Gasteiger partial charge in [-0.2, -0.15) is 0 Å². The van der Waals surface area contributed by atoms with Gasteiger partial charge in [-0.15, -0.1) is 0 Å². The van der Waals surface area contributed by atoms with Crippen molar-refractivity contribution < 1.29 is 4.74 Å². The molecule has 0 bridgehead atoms. The zero-order valence-corrected chi connectivity index (χ0v) is 13.4. The van der Waals surface area contributed by atoms with Crippen LogP contribution in [0.15, 0.2) is 29.4 Å². The van der Waals surface area contributed by atoms with Crippen LogP contribution in [-0.2, 0) is 6.42 Å². The predicted molar refractivity (Wildman–Crippen MR) is 87.6 cm³/mol. The van der Waals surface area contributed by atoms with Gasteiger partial charge in [0.25, 0.3) is 0 Å². The summed E-state index contributed by atoms with van der Waals surface area (Å²) in [6.07, 6.45) is 10.1. The van der Waals surface area contributed by atoms with Crippen molar-refractivity contribution in [1.82, 2.24) is 0 Å². The van der Waals surface area contributed by atoms with Crippen LogP contribution >= 0.6 is 0 Å². The van der Waals surface area contributed by atoms with Crippen molar-refractivity contribution in [3.63, 3.8) is 0 Å². The molecule has 0 aromatic heterocycles. The first kappa shape index (κ1) is 13.2. The van der Waals surface area contributed by atoms with Crippen LogP contribution in [0.3, 0.4) is 0 Å². The number of hydrogen-bond donors (Lipinski definition) is 0. The molecular formula is C20H24O. The van der Waals surface area contributed by atoms with Crippen molar-refractivity contribution in [1.29, 1.82) is 0 Å². The third-order valence-electron chi connectivity index (χ3n) is 5.90. The van der Waals surface area contributed by atoms with Crippen LogP contribution in [-0.4, -0.2) is 7.11 Å². The van der Waals surface area contributed by atoms with Crippen molar-refractivity contribution in [2.24, 2.45) is 5.41 Å². The van der Waals surface area contributed by atoms with Gasteiger partial charge < -0.3 is 4.74 Å². The summed E-state index contributed by atoms with van der Waals surface area (Å²) in [5.74, 6) is 1.04. The van der Waals surface area contributed by atoms with E-state index in [-0.39, 0.29) is 0 Å². The smallest absolute Gasteiger partial charge is 0.122 e. The lowest BCUT2D eigenvalue weighted by molar-refractivity contribution is 0.359. The average molecular weight is 280 g/mol. The van der Waals surface area contributed by atoms with Gasteiger partial charge >= 0.3 is 0 Å². The highest BCUT2D eigenvalue weighted by Crippen LogP contribution is 2.55. The Kier molecular flexibility index (Phi) is 2.82. The molecule has 0 heterocycles. The number of ether oxygens (including phenoxy) is 1. The van der Waals surface area contributed by atoms with Crippen LogP contribution < -0.4 is 4.74 Å². The summed E-state index contributed by atoms with van der Waals surface area (Å²) < 4.78 is 5.51. The highest BCUT2D eigenvalue weighted by atomic mass is 16.5. The second-order valence-corrected chi connectivity index (χ2v) is 7.15. The molecule has 0 amide bonds. The first-order valence-corrected chi connectivity index (χ1v) is 8.23. The molecule has 0 saturated carbocycles. The van der Waals surface area contributed by atoms with Gasteiger partial charge in [0.1, 0.15) is 5.75 Å². The minimum absolute atomic E-state index is 0.470. The van der Waals surface area contributed by atoms with Crippen molar-refractivity contribution in [2.75, 3.05) is 7.11 Å². The van der Waals surface area contributed by atoms with E-state index in [1.807, 2.05) is 0 Å². The SMILES string of the molecule is COc1cc2c(cc1C)C1=C(CC2)C2=CCC[C@@]2(C)CC1. The van der Waals surface area contributed by atoms with E-state index in [1.54, 1.807) is 23.8 Å². The quantitative estimate of drug-likeness (QED) is 0.685. The molecule has 0 spiro atoms. The molecule has 1 atom stereocenters. The number of benzene rings is 1. The first-order chi connectivity index (χ1) is 10.1. The van der Waals surface area contributed by atoms with E-state index in [1.165, 1.54) is 48.8 Å². The molecular weight excluding hydrogens is 256 g/mol. The van der Waals surface area contributed by atoms with Gasteiger partial charge in [-0.1, -0.05) is 13.0 Å². The Morgan fingerprint density at radius 3 is 2.71 bits per heavy atom. The third kappa shape index (κ3) is 1.83. The van der Waals surface area contributed by atoms with E-state index in [9.17, 15) is 0 Å². The van der Waals surface area contributed by atoms with Crippen LogP contribution in [0.1, 0.15) is 55.7 Å². The highest BCUT2D eigenvalue weighted by molar-refractivity contribution is 5.79. The molecule has 1 aromatic carbocycles. The van der Waals surface area contributed by atoms with Gasteiger partial charge in [-0.25, -0.2) is 0 Å². The minimum atomic E-state index is 0.470. The molecule has 21 heavy (non-hydrogen) atoms. The van der Waals surface area contributed by atoms with Crippen LogP contribution in [0.25, 0.3) is 5.57 Å². The fraction of sp³-hybridized carbons (Fsp3) is 0.500. The maximum Gasteiger partial charge on any atom is 0.122 e. The molecule has 1 aromatic rings. The van der Waals surface area contributed by atoms with Crippen LogP contribution in [0.4, 0.5) is 0 Å². The molecule has 0 N–H and O–H groups in total. The topological polar surface area (TPSA) is 9.23 Å². The van der Waals surface area contributed by atoms with Crippen molar-refractivity contribution >= 4 is 5.57 Å². The molecule has 0 saturated heterocycles. The van der Waals surface area contributed by atoms with Gasteiger partial charge in [-0.05, 0) is 96.4 Å². The monoisotopic (exact) mass is 280 g/mol. The minimum Gasteiger partial charge on any atom is -0.496 e. The van der Waals surface area contributed by atoms with Gasteiger partial charge in [0.15, 0.2) is 0 Å². The molecule has 1 heteroatoms. The number of methoxy groups -OCH3 is 1. The number of fused-ring (bicyclic) bond motifs is 4. The first-order valence-electron chi connectivity index (χ1n) is 8.23. The number of rotatable bonds is 1. The van der Waals surface area contributed by atoms with Crippen LogP contribution in [0.2, 0.25) is 0 Å². The Bertz CT molecular complexity index is 677. The van der Waals surface area contributed by atoms with Crippen molar-refractivity contribution in [3.8, 4) is 5.75 Å². The van der Waals surface area contributed by atoms with Crippen LogP contribution in [0, 0.1) is 12.3 Å². The average Bonchev–Trinajstić information content (AvgIpc) is 2.88. The Labute approximate surface area is 127 Å². The van der Waals surface area contributed by atoms with E-state index in [2.05, 4.69) is 32.1 Å². The third-order valence-corrected chi connectivity index (χ3v) is 5.90. The summed E-state index contributed by atoms with van der Waals surface area (Å²) in [6.45, 7) is 4.64. The van der Waals surface area contributed by atoms with E-state index in [0.717, 1.165) is 12.2 Å². The van der Waals surface area contributed by atoms with Crippen molar-refractivity contribution in [3.05, 3.63) is 46.0 Å². The van der Waals surface area contributed by atoms with Gasteiger partial charge in [0.2, 0.25) is 0 Å². The molecule has 110 valence electrons. The summed E-state index contributed by atoms with van der Waals surface area (Å²) in [4.78, 5) is 0. The Morgan fingerprint density at radius 1 is 1.05 bits per heavy atom. The highest BCUT2D eigenvalue weighted by Gasteiger charge is 2.39. The van der Waals surface area contributed by atoms with E-state index in [4.69, 9.17) is 4.74 Å². The maximum absolute atomic E-state index is 5.51. The predicted octanol–water partition coefficient (Wildman–Crippen LogP) is 5.22. The van der Waals surface area contributed by atoms with Gasteiger partial charge in [0, 0.05) is 0 Å². The second-order valence-electron chi connectivity index (χ2n) is 7.15. The Balaban J connectivity index is 1.87. The van der Waals surface area contributed by atoms with Crippen molar-refractivity contribution in [2.45, 2.75) is 52.4 Å². The Hall–Kier alpha value is -1.50. The molecule has 0 fully saturated rings. The zero-order valence-electron chi connectivity index (χ0n) is 13.4. The maximum atomic E-state index is 5.51. The summed E-state index contributed by atoms with van der Waals surface area (Å²) in [5, 5.41) is 0. The van der Waals surface area contributed by atoms with E-state index in [0.29, 0.717) is 5.41 Å². The molecule has 0 aliphatic heterocycles. The van der Waals surface area contributed by atoms with Crippen LogP contribution in [0.5, 0.6) is 5.75 Å². The fourth-order valence-corrected chi connectivity index (χ4v) is 4.66. The lowest BCUT2D eigenvalue weighted by atomic mass is 9.66. The summed E-state index contributed by atoms with van der Waals surface area (Å²) in [5.41, 5.74) is 9.72. The Morgan fingerprint density at radius 2 is 1.90 bits per heavy atom. The number of aryl methyl sites for hydroxylation is 2. The summed E-state index contributed by atoms with van der Waals surface area (Å²) >= 11 is 0. The molecule has 1 nitrogen and oxygen atoms in total. The zero-order chi connectivity index (χ0) is 14.6. The molecule has 3 aliphatic carbocycles. The molecule has 0 radical (unpaired) electrons.